The maximum Gasteiger partial charge on any atom is 0.125 e. The molecule has 0 spiro atoms. The average molecular weight is 329 g/mol. The van der Waals surface area contributed by atoms with E-state index in [-0.39, 0.29) is 6.04 Å². The first-order chi connectivity index (χ1) is 8.61. The van der Waals surface area contributed by atoms with E-state index in [0.717, 1.165) is 36.2 Å². The quantitative estimate of drug-likeness (QED) is 0.836. The van der Waals surface area contributed by atoms with E-state index < -0.39 is 0 Å². The highest BCUT2D eigenvalue weighted by molar-refractivity contribution is 9.10. The van der Waals surface area contributed by atoms with Crippen molar-refractivity contribution in [3.63, 3.8) is 0 Å². The SMILES string of the molecule is CN1CCN(C(C#N)c2ccc(Br)cc2Cl)CC1. The Balaban J connectivity index is 2.21. The van der Waals surface area contributed by atoms with Gasteiger partial charge >= 0.3 is 0 Å². The van der Waals surface area contributed by atoms with Crippen molar-refractivity contribution < 1.29 is 0 Å². The fraction of sp³-hybridized carbons (Fsp3) is 0.462. The largest absolute Gasteiger partial charge is 0.304 e. The van der Waals surface area contributed by atoms with Gasteiger partial charge in [-0.05, 0) is 19.2 Å². The van der Waals surface area contributed by atoms with Gasteiger partial charge in [0, 0.05) is 41.2 Å². The molecule has 18 heavy (non-hydrogen) atoms. The maximum absolute atomic E-state index is 9.42. The lowest BCUT2D eigenvalue weighted by molar-refractivity contribution is 0.133. The van der Waals surface area contributed by atoms with Crippen LogP contribution in [0.5, 0.6) is 0 Å². The lowest BCUT2D eigenvalue weighted by Gasteiger charge is -2.35. The summed E-state index contributed by atoms with van der Waals surface area (Å²) in [5.74, 6) is 0. The van der Waals surface area contributed by atoms with Gasteiger partial charge in [0.05, 0.1) is 6.07 Å². The first-order valence-electron chi connectivity index (χ1n) is 5.89. The molecule has 1 heterocycles. The van der Waals surface area contributed by atoms with Crippen molar-refractivity contribution >= 4 is 27.5 Å². The van der Waals surface area contributed by atoms with Crippen LogP contribution in [0, 0.1) is 11.3 Å². The molecule has 3 nitrogen and oxygen atoms in total. The second kappa shape index (κ2) is 6.03. The standard InChI is InChI=1S/C13H15BrClN3/c1-17-4-6-18(7-5-17)13(9-16)11-3-2-10(14)8-12(11)15/h2-3,8,13H,4-7H2,1H3. The van der Waals surface area contributed by atoms with Crippen LogP contribution in [0.1, 0.15) is 11.6 Å². The highest BCUT2D eigenvalue weighted by atomic mass is 79.9. The molecule has 1 aromatic rings. The van der Waals surface area contributed by atoms with Crippen LogP contribution in [0.4, 0.5) is 0 Å². The zero-order valence-corrected chi connectivity index (χ0v) is 12.6. The molecule has 1 saturated heterocycles. The second-order valence-electron chi connectivity index (χ2n) is 4.54. The summed E-state index contributed by atoms with van der Waals surface area (Å²) in [6, 6.07) is 7.83. The Morgan fingerprint density at radius 2 is 2.00 bits per heavy atom. The molecule has 1 atom stereocenters. The Hall–Kier alpha value is -0.600. The summed E-state index contributed by atoms with van der Waals surface area (Å²) < 4.78 is 0.936. The number of halogens is 2. The summed E-state index contributed by atoms with van der Waals surface area (Å²) in [5, 5.41) is 10.1. The smallest absolute Gasteiger partial charge is 0.125 e. The van der Waals surface area contributed by atoms with Crippen molar-refractivity contribution in [3.8, 4) is 6.07 Å². The predicted octanol–water partition coefficient (Wildman–Crippen LogP) is 2.91. The zero-order valence-electron chi connectivity index (χ0n) is 10.2. The Kier molecular flexibility index (Phi) is 4.63. The van der Waals surface area contributed by atoms with Crippen molar-refractivity contribution in [2.75, 3.05) is 33.2 Å². The monoisotopic (exact) mass is 327 g/mol. The van der Waals surface area contributed by atoms with Gasteiger partial charge in [-0.3, -0.25) is 4.90 Å². The maximum atomic E-state index is 9.42. The third kappa shape index (κ3) is 3.04. The summed E-state index contributed by atoms with van der Waals surface area (Å²) in [5.41, 5.74) is 0.895. The molecule has 1 unspecified atom stereocenters. The molecule has 0 amide bonds. The molecule has 96 valence electrons. The van der Waals surface area contributed by atoms with Crippen LogP contribution in [-0.4, -0.2) is 43.0 Å². The van der Waals surface area contributed by atoms with Crippen LogP contribution < -0.4 is 0 Å². The zero-order chi connectivity index (χ0) is 13.1. The molecule has 1 fully saturated rings. The summed E-state index contributed by atoms with van der Waals surface area (Å²) in [6.45, 7) is 3.79. The van der Waals surface area contributed by atoms with Crippen molar-refractivity contribution in [2.24, 2.45) is 0 Å². The third-order valence-corrected chi connectivity index (χ3v) is 4.10. The minimum atomic E-state index is -0.251. The number of nitriles is 1. The minimum Gasteiger partial charge on any atom is -0.304 e. The van der Waals surface area contributed by atoms with E-state index in [4.69, 9.17) is 11.6 Å². The van der Waals surface area contributed by atoms with Crippen molar-refractivity contribution in [1.82, 2.24) is 9.80 Å². The summed E-state index contributed by atoms with van der Waals surface area (Å²) >= 11 is 9.62. The van der Waals surface area contributed by atoms with Crippen LogP contribution in [0.25, 0.3) is 0 Å². The van der Waals surface area contributed by atoms with Gasteiger partial charge in [0.2, 0.25) is 0 Å². The topological polar surface area (TPSA) is 30.3 Å². The number of hydrogen-bond acceptors (Lipinski definition) is 3. The first-order valence-corrected chi connectivity index (χ1v) is 7.06. The van der Waals surface area contributed by atoms with E-state index in [1.807, 2.05) is 18.2 Å². The number of benzene rings is 1. The van der Waals surface area contributed by atoms with E-state index in [9.17, 15) is 5.26 Å². The second-order valence-corrected chi connectivity index (χ2v) is 5.86. The number of likely N-dealkylation sites (N-methyl/N-ethyl adjacent to an activating group) is 1. The fourth-order valence-electron chi connectivity index (χ4n) is 2.15. The fourth-order valence-corrected chi connectivity index (χ4v) is 2.93. The summed E-state index contributed by atoms with van der Waals surface area (Å²) in [6.07, 6.45) is 0. The highest BCUT2D eigenvalue weighted by Crippen LogP contribution is 2.30. The van der Waals surface area contributed by atoms with Gasteiger partial charge in [-0.2, -0.15) is 5.26 Å². The van der Waals surface area contributed by atoms with Gasteiger partial charge in [0.25, 0.3) is 0 Å². The van der Waals surface area contributed by atoms with Crippen LogP contribution in [0.15, 0.2) is 22.7 Å². The predicted molar refractivity (Wildman–Crippen MR) is 76.6 cm³/mol. The molecule has 1 aliphatic heterocycles. The lowest BCUT2D eigenvalue weighted by atomic mass is 10.1. The van der Waals surface area contributed by atoms with Gasteiger partial charge in [-0.15, -0.1) is 0 Å². The van der Waals surface area contributed by atoms with Gasteiger partial charge in [0.15, 0.2) is 0 Å². The molecular formula is C13H15BrClN3. The lowest BCUT2D eigenvalue weighted by Crippen LogP contribution is -2.45. The summed E-state index contributed by atoms with van der Waals surface area (Å²) in [4.78, 5) is 4.46. The Labute approximate surface area is 121 Å². The molecule has 2 rings (SSSR count). The first kappa shape index (κ1) is 13.8. The van der Waals surface area contributed by atoms with Gasteiger partial charge < -0.3 is 4.90 Å². The number of hydrogen-bond donors (Lipinski definition) is 0. The molecule has 0 bridgehead atoms. The number of rotatable bonds is 2. The molecule has 0 radical (unpaired) electrons. The van der Waals surface area contributed by atoms with E-state index in [0.29, 0.717) is 5.02 Å². The molecule has 1 aromatic carbocycles. The molecule has 0 saturated carbocycles. The van der Waals surface area contributed by atoms with Crippen molar-refractivity contribution in [2.45, 2.75) is 6.04 Å². The van der Waals surface area contributed by atoms with E-state index in [1.54, 1.807) is 0 Å². The van der Waals surface area contributed by atoms with Crippen LogP contribution in [-0.2, 0) is 0 Å². The molecule has 5 heteroatoms. The van der Waals surface area contributed by atoms with Gasteiger partial charge in [-0.1, -0.05) is 33.6 Å². The molecule has 1 aliphatic rings. The third-order valence-electron chi connectivity index (χ3n) is 3.28. The molecule has 0 N–H and O–H groups in total. The summed E-state index contributed by atoms with van der Waals surface area (Å²) in [7, 11) is 2.10. The number of piperazine rings is 1. The Morgan fingerprint density at radius 1 is 1.33 bits per heavy atom. The molecule has 0 aliphatic carbocycles. The average Bonchev–Trinajstić information content (AvgIpc) is 2.35. The Bertz CT molecular complexity index is 464. The van der Waals surface area contributed by atoms with Crippen LogP contribution in [0.3, 0.4) is 0 Å². The van der Waals surface area contributed by atoms with Crippen molar-refractivity contribution in [1.29, 1.82) is 5.26 Å². The normalized spacial score (nSPS) is 19.4. The van der Waals surface area contributed by atoms with Crippen LogP contribution >= 0.6 is 27.5 Å². The van der Waals surface area contributed by atoms with E-state index in [1.165, 1.54) is 0 Å². The van der Waals surface area contributed by atoms with Crippen molar-refractivity contribution in [3.05, 3.63) is 33.3 Å². The van der Waals surface area contributed by atoms with E-state index >= 15 is 0 Å². The minimum absolute atomic E-state index is 0.251. The van der Waals surface area contributed by atoms with Gasteiger partial charge in [-0.25, -0.2) is 0 Å². The Morgan fingerprint density at radius 3 is 2.56 bits per heavy atom. The number of nitrogens with zero attached hydrogens (tertiary/aromatic N) is 3. The molecular weight excluding hydrogens is 314 g/mol. The van der Waals surface area contributed by atoms with E-state index in [2.05, 4.69) is 38.8 Å². The van der Waals surface area contributed by atoms with Gasteiger partial charge in [0.1, 0.15) is 6.04 Å². The molecule has 0 aromatic heterocycles. The van der Waals surface area contributed by atoms with Crippen LogP contribution in [0.2, 0.25) is 5.02 Å². The highest BCUT2D eigenvalue weighted by Gasteiger charge is 2.25.